The first-order valence-corrected chi connectivity index (χ1v) is 7.42. The van der Waals surface area contributed by atoms with Crippen molar-refractivity contribution in [1.29, 1.82) is 0 Å². The lowest BCUT2D eigenvalue weighted by Gasteiger charge is -2.24. The summed E-state index contributed by atoms with van der Waals surface area (Å²) in [6.45, 7) is 1.96. The van der Waals surface area contributed by atoms with E-state index in [1.165, 1.54) is 7.11 Å². The predicted molar refractivity (Wildman–Crippen MR) is 82.6 cm³/mol. The molecule has 1 amide bonds. The van der Waals surface area contributed by atoms with E-state index in [1.54, 1.807) is 47.5 Å². The van der Waals surface area contributed by atoms with Crippen LogP contribution in [0.5, 0.6) is 0 Å². The number of thiophene rings is 1. The molecule has 0 N–H and O–H groups in total. The zero-order chi connectivity index (χ0) is 15.4. The summed E-state index contributed by atoms with van der Waals surface area (Å²) in [7, 11) is 3.04. The quantitative estimate of drug-likeness (QED) is 0.814. The third-order valence-electron chi connectivity index (χ3n) is 3.42. The lowest BCUT2D eigenvalue weighted by atomic mass is 10.1. The fourth-order valence-electron chi connectivity index (χ4n) is 2.04. The number of hydrogen-bond donors (Lipinski definition) is 0. The molecule has 0 aliphatic rings. The van der Waals surface area contributed by atoms with Gasteiger partial charge in [-0.3, -0.25) is 4.79 Å². The predicted octanol–water partition coefficient (Wildman–Crippen LogP) is 3.37. The van der Waals surface area contributed by atoms with Crippen LogP contribution in [-0.4, -0.2) is 30.9 Å². The van der Waals surface area contributed by atoms with Crippen molar-refractivity contribution in [3.8, 4) is 0 Å². The molecule has 110 valence electrons. The van der Waals surface area contributed by atoms with Crippen molar-refractivity contribution < 1.29 is 14.3 Å². The topological polar surface area (TPSA) is 46.6 Å². The van der Waals surface area contributed by atoms with Crippen molar-refractivity contribution >= 4 is 23.2 Å². The molecule has 5 heteroatoms. The Balaban J connectivity index is 2.30. The molecular weight excluding hydrogens is 286 g/mol. The Kier molecular flexibility index (Phi) is 4.75. The normalized spacial score (nSPS) is 11.8. The summed E-state index contributed by atoms with van der Waals surface area (Å²) in [5.74, 6) is -0.701. The van der Waals surface area contributed by atoms with Crippen LogP contribution < -0.4 is 0 Å². The molecular formula is C16H17NO3S. The average Bonchev–Trinajstić information content (AvgIpc) is 3.06. The second-order valence-corrected chi connectivity index (χ2v) is 5.62. The van der Waals surface area contributed by atoms with Crippen LogP contribution in [0.3, 0.4) is 0 Å². The van der Waals surface area contributed by atoms with Gasteiger partial charge in [-0.15, -0.1) is 11.3 Å². The number of rotatable bonds is 4. The molecule has 0 radical (unpaired) electrons. The summed E-state index contributed by atoms with van der Waals surface area (Å²) in [6, 6.07) is 10.6. The number of benzene rings is 1. The van der Waals surface area contributed by atoms with Gasteiger partial charge < -0.3 is 9.64 Å². The number of ether oxygens (including phenoxy) is 1. The molecule has 0 saturated carbocycles. The van der Waals surface area contributed by atoms with Crippen LogP contribution in [0.4, 0.5) is 0 Å². The van der Waals surface area contributed by atoms with E-state index in [9.17, 15) is 9.59 Å². The molecule has 0 aliphatic heterocycles. The van der Waals surface area contributed by atoms with Crippen LogP contribution in [0.25, 0.3) is 0 Å². The van der Waals surface area contributed by atoms with Gasteiger partial charge >= 0.3 is 5.97 Å². The van der Waals surface area contributed by atoms with E-state index in [0.29, 0.717) is 5.56 Å². The molecule has 0 fully saturated rings. The van der Waals surface area contributed by atoms with Crippen molar-refractivity contribution in [2.24, 2.45) is 0 Å². The molecule has 0 bridgehead atoms. The minimum atomic E-state index is -0.504. The van der Waals surface area contributed by atoms with Crippen molar-refractivity contribution in [3.05, 3.63) is 57.8 Å². The summed E-state index contributed by atoms with van der Waals surface area (Å²) in [5, 5.41) is 1.98. The van der Waals surface area contributed by atoms with Crippen LogP contribution in [0.15, 0.2) is 41.8 Å². The molecule has 1 aromatic carbocycles. The lowest BCUT2D eigenvalue weighted by molar-refractivity contribution is 0.0589. The first-order chi connectivity index (χ1) is 10.1. The van der Waals surface area contributed by atoms with Crippen LogP contribution in [0, 0.1) is 0 Å². The van der Waals surface area contributed by atoms with E-state index >= 15 is 0 Å². The minimum Gasteiger partial charge on any atom is -0.465 e. The number of amides is 1. The standard InChI is InChI=1S/C16H17NO3S/c1-11(14-9-6-10-21-14)17(2)15(18)12-7-4-5-8-13(12)16(19)20-3/h4-11H,1-3H3/t11-/m0/s1. The van der Waals surface area contributed by atoms with Crippen molar-refractivity contribution in [2.75, 3.05) is 14.2 Å². The Hall–Kier alpha value is -2.14. The van der Waals surface area contributed by atoms with Crippen molar-refractivity contribution in [2.45, 2.75) is 13.0 Å². The summed E-state index contributed by atoms with van der Waals surface area (Å²) < 4.78 is 4.73. The minimum absolute atomic E-state index is 0.0526. The third kappa shape index (κ3) is 3.13. The number of esters is 1. The van der Waals surface area contributed by atoms with Gasteiger partial charge in [0.2, 0.25) is 0 Å². The van der Waals surface area contributed by atoms with Gasteiger partial charge in [0.05, 0.1) is 24.3 Å². The fourth-order valence-corrected chi connectivity index (χ4v) is 2.87. The molecule has 1 atom stereocenters. The largest absolute Gasteiger partial charge is 0.465 e. The molecule has 2 aromatic rings. The van der Waals surface area contributed by atoms with Gasteiger partial charge in [0.15, 0.2) is 0 Å². The van der Waals surface area contributed by atoms with Crippen molar-refractivity contribution in [3.63, 3.8) is 0 Å². The summed E-state index contributed by atoms with van der Waals surface area (Å²) in [4.78, 5) is 27.1. The molecule has 0 spiro atoms. The average molecular weight is 303 g/mol. The SMILES string of the molecule is COC(=O)c1ccccc1C(=O)N(C)[C@@H](C)c1cccs1. The maximum absolute atomic E-state index is 12.6. The highest BCUT2D eigenvalue weighted by Gasteiger charge is 2.23. The van der Waals surface area contributed by atoms with Gasteiger partial charge in [0.25, 0.3) is 5.91 Å². The van der Waals surface area contributed by atoms with Crippen LogP contribution >= 0.6 is 11.3 Å². The summed E-state index contributed by atoms with van der Waals surface area (Å²) >= 11 is 1.60. The van der Waals surface area contributed by atoms with Gasteiger partial charge in [-0.1, -0.05) is 18.2 Å². The highest BCUT2D eigenvalue weighted by atomic mass is 32.1. The Morgan fingerprint density at radius 3 is 2.38 bits per heavy atom. The van der Waals surface area contributed by atoms with E-state index in [-0.39, 0.29) is 17.5 Å². The molecule has 0 saturated heterocycles. The van der Waals surface area contributed by atoms with Gasteiger partial charge in [0.1, 0.15) is 0 Å². The maximum atomic E-state index is 12.6. The second-order valence-electron chi connectivity index (χ2n) is 4.64. The lowest BCUT2D eigenvalue weighted by Crippen LogP contribution is -2.30. The van der Waals surface area contributed by atoms with E-state index in [4.69, 9.17) is 4.74 Å². The number of carbonyl (C=O) groups excluding carboxylic acids is 2. The highest BCUT2D eigenvalue weighted by Crippen LogP contribution is 2.25. The van der Waals surface area contributed by atoms with E-state index in [0.717, 1.165) is 4.88 Å². The molecule has 1 heterocycles. The number of methoxy groups -OCH3 is 1. The Bertz CT molecular complexity index is 637. The molecule has 0 aliphatic carbocycles. The van der Waals surface area contributed by atoms with Gasteiger partial charge in [-0.25, -0.2) is 4.79 Å². The molecule has 1 aromatic heterocycles. The zero-order valence-corrected chi connectivity index (χ0v) is 13.0. The Morgan fingerprint density at radius 1 is 1.14 bits per heavy atom. The van der Waals surface area contributed by atoms with Gasteiger partial charge in [-0.2, -0.15) is 0 Å². The number of nitrogens with zero attached hydrogens (tertiary/aromatic N) is 1. The Morgan fingerprint density at radius 2 is 1.81 bits per heavy atom. The highest BCUT2D eigenvalue weighted by molar-refractivity contribution is 7.10. The Labute approximate surface area is 128 Å². The summed E-state index contributed by atoms with van der Waals surface area (Å²) in [5.41, 5.74) is 0.644. The first kappa shape index (κ1) is 15.3. The monoisotopic (exact) mass is 303 g/mol. The smallest absolute Gasteiger partial charge is 0.338 e. The van der Waals surface area contributed by atoms with Crippen LogP contribution in [0.2, 0.25) is 0 Å². The maximum Gasteiger partial charge on any atom is 0.338 e. The molecule has 4 nitrogen and oxygen atoms in total. The zero-order valence-electron chi connectivity index (χ0n) is 12.2. The van der Waals surface area contributed by atoms with Gasteiger partial charge in [-0.05, 0) is 30.5 Å². The van der Waals surface area contributed by atoms with E-state index in [2.05, 4.69) is 0 Å². The van der Waals surface area contributed by atoms with E-state index in [1.807, 2.05) is 24.4 Å². The fraction of sp³-hybridized carbons (Fsp3) is 0.250. The second kappa shape index (κ2) is 6.54. The number of carbonyl (C=O) groups is 2. The first-order valence-electron chi connectivity index (χ1n) is 6.54. The molecule has 2 rings (SSSR count). The third-order valence-corrected chi connectivity index (χ3v) is 4.46. The van der Waals surface area contributed by atoms with Crippen LogP contribution in [0.1, 0.15) is 38.6 Å². The number of hydrogen-bond acceptors (Lipinski definition) is 4. The van der Waals surface area contributed by atoms with Gasteiger partial charge in [0, 0.05) is 11.9 Å². The molecule has 21 heavy (non-hydrogen) atoms. The van der Waals surface area contributed by atoms with Crippen molar-refractivity contribution in [1.82, 2.24) is 4.90 Å². The van der Waals surface area contributed by atoms with E-state index < -0.39 is 5.97 Å². The molecule has 0 unspecified atom stereocenters. The van der Waals surface area contributed by atoms with Crippen LogP contribution in [-0.2, 0) is 4.74 Å². The summed E-state index contributed by atoms with van der Waals surface area (Å²) in [6.07, 6.45) is 0.